The summed E-state index contributed by atoms with van der Waals surface area (Å²) in [6.07, 6.45) is 0.545. The number of urea groups is 1. The van der Waals surface area contributed by atoms with Crippen molar-refractivity contribution in [2.45, 2.75) is 31.6 Å². The molecule has 0 aliphatic carbocycles. The molecule has 0 spiro atoms. The maximum Gasteiger partial charge on any atom is 0.321 e. The zero-order chi connectivity index (χ0) is 17.9. The van der Waals surface area contributed by atoms with Gasteiger partial charge in [-0.2, -0.15) is 11.8 Å². The van der Waals surface area contributed by atoms with Crippen molar-refractivity contribution >= 4 is 23.6 Å². The highest BCUT2D eigenvalue weighted by molar-refractivity contribution is 7.99. The molecular weight excluding hydrogens is 344 g/mol. The van der Waals surface area contributed by atoms with E-state index in [0.717, 1.165) is 22.6 Å². The first-order valence-corrected chi connectivity index (χ1v) is 10.1. The first kappa shape index (κ1) is 17.2. The summed E-state index contributed by atoms with van der Waals surface area (Å²) in [5.74, 6) is 1.86. The SMILES string of the molecule is O=C1CCSC[C@H]2[C@@H]1N(Cc1ccccc1)C(=O)N2Cc1ccccc1. The molecule has 134 valence electrons. The molecule has 26 heavy (non-hydrogen) atoms. The molecule has 4 rings (SSSR count). The maximum atomic E-state index is 13.2. The van der Waals surface area contributed by atoms with Gasteiger partial charge in [-0.1, -0.05) is 60.7 Å². The third-order valence-corrected chi connectivity index (χ3v) is 6.16. The molecule has 2 amide bonds. The van der Waals surface area contributed by atoms with Crippen molar-refractivity contribution in [1.82, 2.24) is 9.80 Å². The average Bonchev–Trinajstić information content (AvgIpc) is 2.81. The normalized spacial score (nSPS) is 23.1. The van der Waals surface area contributed by atoms with Crippen molar-refractivity contribution in [3.63, 3.8) is 0 Å². The molecule has 2 saturated heterocycles. The fourth-order valence-electron chi connectivity index (χ4n) is 3.81. The molecule has 0 aromatic heterocycles. The van der Waals surface area contributed by atoms with E-state index in [0.29, 0.717) is 19.5 Å². The van der Waals surface area contributed by atoms with Gasteiger partial charge in [0.2, 0.25) is 0 Å². The highest BCUT2D eigenvalue weighted by atomic mass is 32.2. The van der Waals surface area contributed by atoms with Crippen LogP contribution in [0.15, 0.2) is 60.7 Å². The van der Waals surface area contributed by atoms with E-state index in [1.807, 2.05) is 65.6 Å². The molecule has 2 aliphatic rings. The minimum absolute atomic E-state index is 0.0245. The number of rotatable bonds is 4. The monoisotopic (exact) mass is 366 g/mol. The Morgan fingerprint density at radius 3 is 2.04 bits per heavy atom. The summed E-state index contributed by atoms with van der Waals surface area (Å²) >= 11 is 1.78. The molecule has 0 unspecified atom stereocenters. The predicted molar refractivity (Wildman–Crippen MR) is 104 cm³/mol. The molecule has 2 heterocycles. The number of carbonyl (C=O) groups excluding carboxylic acids is 2. The fourth-order valence-corrected chi connectivity index (χ4v) is 4.93. The third-order valence-electron chi connectivity index (χ3n) is 5.09. The number of hydrogen-bond donors (Lipinski definition) is 0. The highest BCUT2D eigenvalue weighted by Crippen LogP contribution is 2.33. The molecular formula is C21H22N2O2S. The van der Waals surface area contributed by atoms with Gasteiger partial charge in [-0.05, 0) is 11.1 Å². The van der Waals surface area contributed by atoms with Crippen LogP contribution in [-0.4, -0.2) is 45.2 Å². The summed E-state index contributed by atoms with van der Waals surface area (Å²) in [5.41, 5.74) is 2.16. The van der Waals surface area contributed by atoms with E-state index < -0.39 is 0 Å². The summed E-state index contributed by atoms with van der Waals surface area (Å²) in [6, 6.07) is 19.6. The molecule has 4 nitrogen and oxygen atoms in total. The van der Waals surface area contributed by atoms with Crippen molar-refractivity contribution in [2.75, 3.05) is 11.5 Å². The summed E-state index contributed by atoms with van der Waals surface area (Å²) < 4.78 is 0. The Bertz CT molecular complexity index is 781. The van der Waals surface area contributed by atoms with Crippen LogP contribution in [0.5, 0.6) is 0 Å². The summed E-state index contributed by atoms with van der Waals surface area (Å²) in [4.78, 5) is 29.7. The van der Waals surface area contributed by atoms with E-state index in [9.17, 15) is 9.59 Å². The van der Waals surface area contributed by atoms with Crippen LogP contribution in [0.2, 0.25) is 0 Å². The number of fused-ring (bicyclic) bond motifs is 1. The van der Waals surface area contributed by atoms with E-state index >= 15 is 0 Å². The smallest absolute Gasteiger partial charge is 0.314 e. The quantitative estimate of drug-likeness (QED) is 0.831. The summed E-state index contributed by atoms with van der Waals surface area (Å²) in [7, 11) is 0. The van der Waals surface area contributed by atoms with Gasteiger partial charge in [-0.3, -0.25) is 4.79 Å². The summed E-state index contributed by atoms with van der Waals surface area (Å²) in [6.45, 7) is 1.04. The minimum atomic E-state index is -0.332. The number of benzene rings is 2. The van der Waals surface area contributed by atoms with Gasteiger partial charge in [0.05, 0.1) is 6.04 Å². The van der Waals surface area contributed by atoms with Crippen LogP contribution >= 0.6 is 11.8 Å². The number of amides is 2. The molecule has 2 fully saturated rings. The second-order valence-electron chi connectivity index (χ2n) is 6.81. The molecule has 2 aromatic carbocycles. The van der Waals surface area contributed by atoms with E-state index in [1.165, 1.54) is 0 Å². The van der Waals surface area contributed by atoms with Crippen LogP contribution in [0.1, 0.15) is 17.5 Å². The number of thioether (sulfide) groups is 1. The Kier molecular flexibility index (Phi) is 4.98. The second-order valence-corrected chi connectivity index (χ2v) is 7.96. The fraction of sp³-hybridized carbons (Fsp3) is 0.333. The van der Waals surface area contributed by atoms with Crippen LogP contribution in [0.4, 0.5) is 4.79 Å². The first-order valence-electron chi connectivity index (χ1n) is 8.99. The average molecular weight is 366 g/mol. The number of carbonyl (C=O) groups is 2. The number of hydrogen-bond acceptors (Lipinski definition) is 3. The molecule has 0 saturated carbocycles. The molecule has 2 aliphatic heterocycles. The Balaban J connectivity index is 1.64. The van der Waals surface area contributed by atoms with Crippen LogP contribution in [0, 0.1) is 0 Å². The molecule has 0 radical (unpaired) electrons. The van der Waals surface area contributed by atoms with Gasteiger partial charge in [0, 0.05) is 31.0 Å². The maximum absolute atomic E-state index is 13.2. The second kappa shape index (κ2) is 7.54. The Morgan fingerprint density at radius 2 is 1.42 bits per heavy atom. The topological polar surface area (TPSA) is 40.6 Å². The molecule has 2 atom stereocenters. The lowest BCUT2D eigenvalue weighted by Crippen LogP contribution is -2.43. The zero-order valence-electron chi connectivity index (χ0n) is 14.6. The number of Topliss-reactive ketones (excluding diaryl/α,β-unsaturated/α-hetero) is 1. The van der Waals surface area contributed by atoms with Crippen molar-refractivity contribution < 1.29 is 9.59 Å². The lowest BCUT2D eigenvalue weighted by atomic mass is 10.0. The van der Waals surface area contributed by atoms with Crippen LogP contribution < -0.4 is 0 Å². The Hall–Kier alpha value is -2.27. The Labute approximate surface area is 158 Å². The Morgan fingerprint density at radius 1 is 0.846 bits per heavy atom. The number of ketones is 1. The van der Waals surface area contributed by atoms with Gasteiger partial charge in [0.15, 0.2) is 5.78 Å². The van der Waals surface area contributed by atoms with Crippen molar-refractivity contribution in [1.29, 1.82) is 0 Å². The highest BCUT2D eigenvalue weighted by Gasteiger charge is 2.49. The molecule has 0 N–H and O–H groups in total. The zero-order valence-corrected chi connectivity index (χ0v) is 15.4. The first-order chi connectivity index (χ1) is 12.7. The molecule has 0 bridgehead atoms. The largest absolute Gasteiger partial charge is 0.321 e. The third kappa shape index (κ3) is 3.36. The van der Waals surface area contributed by atoms with Gasteiger partial charge in [-0.15, -0.1) is 0 Å². The van der Waals surface area contributed by atoms with E-state index in [2.05, 4.69) is 0 Å². The van der Waals surface area contributed by atoms with Crippen LogP contribution in [0.25, 0.3) is 0 Å². The van der Waals surface area contributed by atoms with Gasteiger partial charge in [-0.25, -0.2) is 4.79 Å². The van der Waals surface area contributed by atoms with E-state index in [4.69, 9.17) is 0 Å². The lowest BCUT2D eigenvalue weighted by molar-refractivity contribution is -0.123. The van der Waals surface area contributed by atoms with Crippen molar-refractivity contribution in [2.24, 2.45) is 0 Å². The van der Waals surface area contributed by atoms with E-state index in [1.54, 1.807) is 16.7 Å². The predicted octanol–water partition coefficient (Wildman–Crippen LogP) is 3.57. The van der Waals surface area contributed by atoms with Gasteiger partial charge in [0.25, 0.3) is 0 Å². The molecule has 5 heteroatoms. The lowest BCUT2D eigenvalue weighted by Gasteiger charge is -2.24. The van der Waals surface area contributed by atoms with Crippen LogP contribution in [0.3, 0.4) is 0 Å². The standard InChI is InChI=1S/C21H22N2O2S/c24-19-11-12-26-15-18-20(19)23(14-17-9-5-2-6-10-17)21(25)22(18)13-16-7-3-1-4-8-16/h1-10,18,20H,11-15H2/t18-,20-/m0/s1. The van der Waals surface area contributed by atoms with Crippen molar-refractivity contribution in [3.05, 3.63) is 71.8 Å². The molecule has 2 aromatic rings. The minimum Gasteiger partial charge on any atom is -0.314 e. The van der Waals surface area contributed by atoms with E-state index in [-0.39, 0.29) is 23.9 Å². The van der Waals surface area contributed by atoms with Gasteiger partial charge >= 0.3 is 6.03 Å². The van der Waals surface area contributed by atoms with Crippen molar-refractivity contribution in [3.8, 4) is 0 Å². The number of nitrogens with zero attached hydrogens (tertiary/aromatic N) is 2. The van der Waals surface area contributed by atoms with Gasteiger partial charge < -0.3 is 9.80 Å². The van der Waals surface area contributed by atoms with Crippen LogP contribution in [-0.2, 0) is 17.9 Å². The summed E-state index contributed by atoms with van der Waals surface area (Å²) in [5, 5.41) is 0. The van der Waals surface area contributed by atoms with Gasteiger partial charge in [0.1, 0.15) is 6.04 Å².